The third kappa shape index (κ3) is 19.3. The number of aliphatic carboxylic acids is 4. The molecule has 0 saturated carbocycles. The molecule has 0 spiro atoms. The molecule has 0 heterocycles. The molecule has 44 heavy (non-hydrogen) atoms. The van der Waals surface area contributed by atoms with Gasteiger partial charge in [-0.1, -0.05) is 78.9 Å². The summed E-state index contributed by atoms with van der Waals surface area (Å²) >= 11 is 0. The van der Waals surface area contributed by atoms with Crippen LogP contribution in [0.2, 0.25) is 0 Å². The van der Waals surface area contributed by atoms with Gasteiger partial charge in [-0.2, -0.15) is 0 Å². The van der Waals surface area contributed by atoms with E-state index in [1.54, 1.807) is 36.4 Å². The molecule has 3 aromatic rings. The first kappa shape index (κ1) is 38.2. The Bertz CT molecular complexity index is 1430. The Labute approximate surface area is 256 Å². The third-order valence-corrected chi connectivity index (χ3v) is 5.13. The second-order valence-corrected chi connectivity index (χ2v) is 9.22. The van der Waals surface area contributed by atoms with Gasteiger partial charge < -0.3 is 25.3 Å². The van der Waals surface area contributed by atoms with Gasteiger partial charge in [0.2, 0.25) is 5.78 Å². The predicted molar refractivity (Wildman–Crippen MR) is 171 cm³/mol. The summed E-state index contributed by atoms with van der Waals surface area (Å²) in [4.78, 5) is 52.9. The van der Waals surface area contributed by atoms with E-state index in [9.17, 15) is 24.0 Å². The van der Waals surface area contributed by atoms with Crippen LogP contribution in [0.4, 0.5) is 5.69 Å². The molecule has 0 aliphatic rings. The van der Waals surface area contributed by atoms with Crippen LogP contribution < -0.4 is 4.90 Å². The van der Waals surface area contributed by atoms with E-state index in [4.69, 9.17) is 20.4 Å². The number of hydrogen-bond donors (Lipinski definition) is 4. The van der Waals surface area contributed by atoms with Crippen LogP contribution in [-0.4, -0.2) is 64.2 Å². The summed E-state index contributed by atoms with van der Waals surface area (Å²) in [5, 5.41) is 33.0. The molecule has 10 nitrogen and oxygen atoms in total. The number of benzene rings is 3. The van der Waals surface area contributed by atoms with E-state index in [2.05, 4.69) is 6.58 Å². The number of hydrogen-bond acceptors (Lipinski definition) is 6. The van der Waals surface area contributed by atoms with Crippen molar-refractivity contribution < 1.29 is 44.4 Å². The van der Waals surface area contributed by atoms with Gasteiger partial charge in [-0.25, -0.2) is 19.2 Å². The van der Waals surface area contributed by atoms with Crippen LogP contribution in [0.3, 0.4) is 0 Å². The molecule has 0 aromatic heterocycles. The molecule has 232 valence electrons. The highest BCUT2D eigenvalue weighted by Gasteiger charge is 2.10. The number of carboxylic acid groups (broad SMARTS) is 4. The Balaban J connectivity index is 0.000000580. The van der Waals surface area contributed by atoms with Crippen molar-refractivity contribution in [2.24, 2.45) is 0 Å². The van der Waals surface area contributed by atoms with Crippen molar-refractivity contribution in [2.45, 2.75) is 20.3 Å². The van der Waals surface area contributed by atoms with E-state index in [1.807, 2.05) is 80.5 Å². The second kappa shape index (κ2) is 21.0. The first-order valence-electron chi connectivity index (χ1n) is 13.0. The van der Waals surface area contributed by atoms with Crippen molar-refractivity contribution in [1.82, 2.24) is 0 Å². The minimum absolute atomic E-state index is 0.0316. The zero-order valence-corrected chi connectivity index (χ0v) is 25.0. The zero-order valence-electron chi connectivity index (χ0n) is 25.0. The average Bonchev–Trinajstić information content (AvgIpc) is 2.97. The van der Waals surface area contributed by atoms with E-state index in [0.29, 0.717) is 0 Å². The molecule has 3 rings (SSSR count). The summed E-state index contributed by atoms with van der Waals surface area (Å²) in [6.45, 7) is 6.59. The van der Waals surface area contributed by atoms with Crippen LogP contribution in [0.1, 0.15) is 29.2 Å². The van der Waals surface area contributed by atoms with Gasteiger partial charge in [0.25, 0.3) is 0 Å². The van der Waals surface area contributed by atoms with Crippen molar-refractivity contribution in [3.63, 3.8) is 0 Å². The number of anilines is 1. The summed E-state index contributed by atoms with van der Waals surface area (Å²) in [6.07, 6.45) is 5.37. The van der Waals surface area contributed by atoms with Gasteiger partial charge >= 0.3 is 23.9 Å². The third-order valence-electron chi connectivity index (χ3n) is 5.13. The van der Waals surface area contributed by atoms with Crippen LogP contribution in [0.15, 0.2) is 103 Å². The number of Topliss-reactive ketones (excluding diaryl/α,β-unsaturated/α-hetero) is 1. The predicted octanol–water partition coefficient (Wildman–Crippen LogP) is 5.47. The quantitative estimate of drug-likeness (QED) is 0.182. The topological polar surface area (TPSA) is 170 Å². The van der Waals surface area contributed by atoms with Gasteiger partial charge in [0, 0.05) is 43.9 Å². The lowest BCUT2D eigenvalue weighted by Gasteiger charge is -2.11. The Morgan fingerprint density at radius 2 is 1.09 bits per heavy atom. The molecule has 3 aromatic carbocycles. The molecule has 4 N–H and O–H groups in total. The minimum atomic E-state index is -1.38. The first-order valence-corrected chi connectivity index (χ1v) is 13.0. The average molecular weight is 604 g/mol. The summed E-state index contributed by atoms with van der Waals surface area (Å²) in [6, 6.07) is 24.1. The lowest BCUT2D eigenvalue weighted by Crippen LogP contribution is -2.14. The van der Waals surface area contributed by atoms with Crippen molar-refractivity contribution in [1.29, 1.82) is 0 Å². The van der Waals surface area contributed by atoms with E-state index < -0.39 is 29.7 Å². The normalized spacial score (nSPS) is 9.73. The summed E-state index contributed by atoms with van der Waals surface area (Å²) in [5.41, 5.74) is 4.96. The van der Waals surface area contributed by atoms with Gasteiger partial charge in [0.05, 0.1) is 0 Å². The highest BCUT2D eigenvalue weighted by atomic mass is 16.4. The number of aryl methyl sites for hydroxylation is 1. The molecule has 10 heteroatoms. The molecule has 0 aliphatic heterocycles. The molecular weight excluding hydrogens is 566 g/mol. The van der Waals surface area contributed by atoms with Crippen LogP contribution >= 0.6 is 0 Å². The monoisotopic (exact) mass is 603 g/mol. The maximum atomic E-state index is 10.7. The summed E-state index contributed by atoms with van der Waals surface area (Å²) < 4.78 is 0. The Morgan fingerprint density at radius 1 is 0.682 bits per heavy atom. The van der Waals surface area contributed by atoms with Gasteiger partial charge in [-0.05, 0) is 54.8 Å². The molecule has 0 amide bonds. The van der Waals surface area contributed by atoms with Gasteiger partial charge in [-0.3, -0.25) is 4.79 Å². The lowest BCUT2D eigenvalue weighted by molar-refractivity contribution is -0.148. The summed E-state index contributed by atoms with van der Waals surface area (Å²) in [7, 11) is 3.92. The zero-order chi connectivity index (χ0) is 33.7. The molecule has 0 bridgehead atoms. The second-order valence-electron chi connectivity index (χ2n) is 9.22. The lowest BCUT2D eigenvalue weighted by atomic mass is 10.1. The fourth-order valence-electron chi connectivity index (χ4n) is 2.75. The Kier molecular flexibility index (Phi) is 18.3. The highest BCUT2D eigenvalue weighted by Crippen LogP contribution is 2.13. The maximum Gasteiger partial charge on any atom is 0.372 e. The number of carbonyl (C=O) groups is 5. The number of nitrogens with zero attached hydrogens (tertiary/aromatic N) is 1. The number of rotatable bonds is 9. The largest absolute Gasteiger partial charge is 0.478 e. The van der Waals surface area contributed by atoms with E-state index in [1.165, 1.54) is 12.5 Å². The van der Waals surface area contributed by atoms with Crippen LogP contribution in [0.25, 0.3) is 12.2 Å². The number of ketones is 1. The molecule has 0 atom stereocenters. The maximum absolute atomic E-state index is 10.7. The van der Waals surface area contributed by atoms with Crippen molar-refractivity contribution in [3.05, 3.63) is 125 Å². The standard InChI is InChI=1S/C11H13NO2.C10H10O2.C9H8O3.C4H6O2/c1-12(2)10-6-3-9(4-7-10)5-8-11(13)14;1-8-2-4-9(5-3-8)6-7-10(11)12;10-8(9(11)12)6-7-4-2-1-3-5-7;1-3(2)4(5)6/h3-8H,1-2H3,(H,13,14);2-7H,1H3,(H,11,12);1-5H,6H2,(H,11,12);1H2,2H3,(H,5,6). The molecule has 0 radical (unpaired) electrons. The fraction of sp³-hybridized carbons (Fsp3) is 0.147. The van der Waals surface area contributed by atoms with E-state index in [0.717, 1.165) is 34.5 Å². The van der Waals surface area contributed by atoms with E-state index >= 15 is 0 Å². The number of carboxylic acids is 4. The first-order chi connectivity index (χ1) is 20.6. The van der Waals surface area contributed by atoms with Gasteiger partial charge in [0.15, 0.2) is 0 Å². The Hall–Kier alpha value is -5.77. The Morgan fingerprint density at radius 3 is 1.43 bits per heavy atom. The van der Waals surface area contributed by atoms with Gasteiger partial charge in [0.1, 0.15) is 0 Å². The molecule has 0 aliphatic carbocycles. The fourth-order valence-corrected chi connectivity index (χ4v) is 2.75. The highest BCUT2D eigenvalue weighted by molar-refractivity contribution is 6.33. The number of carbonyl (C=O) groups excluding carboxylic acids is 1. The minimum Gasteiger partial charge on any atom is -0.478 e. The van der Waals surface area contributed by atoms with Crippen molar-refractivity contribution in [3.8, 4) is 0 Å². The molecule has 0 fully saturated rings. The SMILES string of the molecule is C=C(C)C(=O)O.CN(C)c1ccc(C=CC(=O)O)cc1.Cc1ccc(C=CC(=O)O)cc1.O=C(O)C(=O)Cc1ccccc1. The molecule has 0 unspecified atom stereocenters. The van der Waals surface area contributed by atoms with Crippen LogP contribution in [0.5, 0.6) is 0 Å². The van der Waals surface area contributed by atoms with Crippen LogP contribution in [-0.2, 0) is 30.4 Å². The van der Waals surface area contributed by atoms with Gasteiger partial charge in [-0.15, -0.1) is 0 Å². The molecule has 0 saturated heterocycles. The van der Waals surface area contributed by atoms with Crippen LogP contribution in [0, 0.1) is 6.92 Å². The van der Waals surface area contributed by atoms with E-state index in [-0.39, 0.29) is 12.0 Å². The molecular formula is C34H37NO9. The van der Waals surface area contributed by atoms with Crippen molar-refractivity contribution >= 4 is 47.5 Å². The smallest absolute Gasteiger partial charge is 0.372 e. The van der Waals surface area contributed by atoms with Crippen molar-refractivity contribution in [2.75, 3.05) is 19.0 Å². The summed E-state index contributed by atoms with van der Waals surface area (Å²) in [5.74, 6) is -4.94.